The average Bonchev–Trinajstić information content (AvgIpc) is 2.73. The van der Waals surface area contributed by atoms with Crippen molar-refractivity contribution in [3.63, 3.8) is 0 Å². The Balaban J connectivity index is 0.00000363. The van der Waals surface area contributed by atoms with Crippen molar-refractivity contribution < 1.29 is 14.3 Å². The normalized spacial score (nSPS) is 11.6. The summed E-state index contributed by atoms with van der Waals surface area (Å²) in [5.74, 6) is -0.945. The number of benzene rings is 1. The molecule has 170 valence electrons. The van der Waals surface area contributed by atoms with Crippen molar-refractivity contribution in [1.82, 2.24) is 15.3 Å². The number of nitrogens with zero attached hydrogens (tertiary/aromatic N) is 1. The molecule has 1 atom stereocenters. The molecule has 9 heteroatoms. The van der Waals surface area contributed by atoms with Gasteiger partial charge in [-0.2, -0.15) is 13.5 Å². The van der Waals surface area contributed by atoms with Crippen LogP contribution >= 0.6 is 13.5 Å². The van der Waals surface area contributed by atoms with E-state index in [1.165, 1.54) is 18.5 Å². The number of nitrogens with one attached hydrogen (secondary N) is 3. The molecule has 0 aliphatic rings. The number of aliphatic hydroxyl groups excluding tert-OH is 1. The fraction of sp³-hybridized carbons (Fsp3) is 0.261. The number of aromatic nitrogens is 2. The average molecular weight is 459 g/mol. The summed E-state index contributed by atoms with van der Waals surface area (Å²) >= 11 is 0. The second-order valence-electron chi connectivity index (χ2n) is 7.58. The summed E-state index contributed by atoms with van der Waals surface area (Å²) in [5, 5.41) is 15.3. The molecule has 7 nitrogen and oxygen atoms in total. The Bertz CT molecular complexity index is 1150. The molecule has 3 aromatic rings. The van der Waals surface area contributed by atoms with Gasteiger partial charge < -0.3 is 20.7 Å². The molecule has 1 aromatic carbocycles. The molecule has 1 amide bonds. The van der Waals surface area contributed by atoms with E-state index in [1.807, 2.05) is 13.8 Å². The summed E-state index contributed by atoms with van der Waals surface area (Å²) in [7, 11) is 0. The van der Waals surface area contributed by atoms with E-state index in [1.54, 1.807) is 37.3 Å². The summed E-state index contributed by atoms with van der Waals surface area (Å²) < 4.78 is 14.3. The quantitative estimate of drug-likeness (QED) is 0.432. The summed E-state index contributed by atoms with van der Waals surface area (Å²) in [6.07, 6.45) is 2.26. The van der Waals surface area contributed by atoms with Crippen molar-refractivity contribution in [3.05, 3.63) is 76.2 Å². The van der Waals surface area contributed by atoms with Gasteiger partial charge in [0.05, 0.1) is 28.6 Å². The minimum Gasteiger partial charge on any atom is -0.392 e. The van der Waals surface area contributed by atoms with Crippen LogP contribution in [-0.4, -0.2) is 33.6 Å². The number of pyridine rings is 2. The van der Waals surface area contributed by atoms with E-state index in [9.17, 15) is 19.1 Å². The molecule has 0 saturated carbocycles. The highest BCUT2D eigenvalue weighted by atomic mass is 32.1. The van der Waals surface area contributed by atoms with Crippen LogP contribution < -0.4 is 16.2 Å². The molecule has 0 bridgehead atoms. The summed E-state index contributed by atoms with van der Waals surface area (Å²) in [5.41, 5.74) is 1.87. The van der Waals surface area contributed by atoms with Gasteiger partial charge >= 0.3 is 0 Å². The lowest BCUT2D eigenvalue weighted by Crippen LogP contribution is -2.31. The molecule has 3 rings (SSSR count). The van der Waals surface area contributed by atoms with E-state index in [2.05, 4.69) is 20.6 Å². The van der Waals surface area contributed by atoms with Gasteiger partial charge in [-0.1, -0.05) is 32.0 Å². The van der Waals surface area contributed by atoms with Crippen LogP contribution in [0.2, 0.25) is 0 Å². The molecule has 4 N–H and O–H groups in total. The molecule has 0 radical (unpaired) electrons. The van der Waals surface area contributed by atoms with Gasteiger partial charge in [-0.3, -0.25) is 14.6 Å². The third-order valence-corrected chi connectivity index (χ3v) is 4.71. The van der Waals surface area contributed by atoms with Crippen LogP contribution in [0.5, 0.6) is 0 Å². The number of aliphatic hydroxyl groups is 1. The van der Waals surface area contributed by atoms with Gasteiger partial charge in [0.25, 0.3) is 11.5 Å². The van der Waals surface area contributed by atoms with Gasteiger partial charge in [-0.05, 0) is 31.0 Å². The number of rotatable bonds is 7. The monoisotopic (exact) mass is 458 g/mol. The molecule has 0 spiro atoms. The van der Waals surface area contributed by atoms with Crippen LogP contribution in [-0.2, 0) is 0 Å². The highest BCUT2D eigenvalue weighted by Crippen LogP contribution is 2.30. The van der Waals surface area contributed by atoms with Crippen molar-refractivity contribution in [1.29, 1.82) is 0 Å². The predicted molar refractivity (Wildman–Crippen MR) is 128 cm³/mol. The molecular weight excluding hydrogens is 431 g/mol. The van der Waals surface area contributed by atoms with Crippen molar-refractivity contribution in [2.75, 3.05) is 11.9 Å². The van der Waals surface area contributed by atoms with Gasteiger partial charge in [0.15, 0.2) is 0 Å². The maximum atomic E-state index is 14.3. The molecule has 2 heterocycles. The highest BCUT2D eigenvalue weighted by Gasteiger charge is 2.18. The maximum Gasteiger partial charge on any atom is 0.256 e. The first-order valence-corrected chi connectivity index (χ1v) is 9.97. The number of hydrogen-bond donors (Lipinski definition) is 4. The van der Waals surface area contributed by atoms with Crippen LogP contribution in [0.25, 0.3) is 11.1 Å². The van der Waals surface area contributed by atoms with Crippen molar-refractivity contribution >= 4 is 30.8 Å². The third kappa shape index (κ3) is 5.74. The number of carbonyl (C=O) groups is 1. The topological polar surface area (TPSA) is 107 Å². The lowest BCUT2D eigenvalue weighted by molar-refractivity contribution is 0.0924. The first-order chi connectivity index (χ1) is 14.8. The van der Waals surface area contributed by atoms with E-state index in [0.29, 0.717) is 17.1 Å². The van der Waals surface area contributed by atoms with Gasteiger partial charge in [0.1, 0.15) is 5.82 Å². The van der Waals surface area contributed by atoms with E-state index in [0.717, 1.165) is 0 Å². The van der Waals surface area contributed by atoms with E-state index in [-0.39, 0.29) is 42.6 Å². The van der Waals surface area contributed by atoms with Crippen molar-refractivity contribution in [3.8, 4) is 11.1 Å². The molecule has 2 aromatic heterocycles. The number of anilines is 2. The fourth-order valence-electron chi connectivity index (χ4n) is 3.15. The maximum absolute atomic E-state index is 14.3. The molecule has 0 saturated heterocycles. The summed E-state index contributed by atoms with van der Waals surface area (Å²) in [4.78, 5) is 32.1. The number of hydrogen-bond acceptors (Lipinski definition) is 5. The number of amides is 1. The Labute approximate surface area is 192 Å². The number of halogens is 1. The zero-order valence-electron chi connectivity index (χ0n) is 18.1. The molecular formula is C23H27FN4O3S. The van der Waals surface area contributed by atoms with E-state index < -0.39 is 23.4 Å². The fourth-order valence-corrected chi connectivity index (χ4v) is 3.15. The molecule has 0 aliphatic carbocycles. The van der Waals surface area contributed by atoms with Crippen LogP contribution in [0.15, 0.2) is 53.6 Å². The minimum absolute atomic E-state index is 0. The minimum atomic E-state index is -0.688. The zero-order chi connectivity index (χ0) is 22.5. The van der Waals surface area contributed by atoms with E-state index >= 15 is 0 Å². The van der Waals surface area contributed by atoms with Gasteiger partial charge in [-0.15, -0.1) is 0 Å². The number of aromatic amines is 1. The second-order valence-corrected chi connectivity index (χ2v) is 7.58. The molecule has 0 unspecified atom stereocenters. The lowest BCUT2D eigenvalue weighted by atomic mass is 10.0. The zero-order valence-corrected chi connectivity index (χ0v) is 19.1. The Hall–Kier alpha value is -3.17. The van der Waals surface area contributed by atoms with E-state index in [4.69, 9.17) is 0 Å². The second kappa shape index (κ2) is 10.9. The summed E-state index contributed by atoms with van der Waals surface area (Å²) in [6.45, 7) is 5.51. The predicted octanol–water partition coefficient (Wildman–Crippen LogP) is 3.67. The Morgan fingerprint density at radius 1 is 1.16 bits per heavy atom. The molecule has 0 fully saturated rings. The Morgan fingerprint density at radius 3 is 2.53 bits per heavy atom. The SMILES string of the molecule is CC(C)c1[nH]c(=O)c(-c2ccccc2F)cc1Nc1ccncc1C(=O)NC[C@H](C)O.S. The first-order valence-electron chi connectivity index (χ1n) is 9.97. The Kier molecular flexibility index (Phi) is 8.56. The first kappa shape index (κ1) is 25.1. The van der Waals surface area contributed by atoms with Gasteiger partial charge in [0, 0.05) is 30.2 Å². The Morgan fingerprint density at radius 2 is 1.88 bits per heavy atom. The van der Waals surface area contributed by atoms with Gasteiger partial charge in [-0.25, -0.2) is 4.39 Å². The third-order valence-electron chi connectivity index (χ3n) is 4.71. The largest absolute Gasteiger partial charge is 0.392 e. The smallest absolute Gasteiger partial charge is 0.256 e. The molecule has 32 heavy (non-hydrogen) atoms. The van der Waals surface area contributed by atoms with Gasteiger partial charge in [0.2, 0.25) is 0 Å². The van der Waals surface area contributed by atoms with Crippen LogP contribution in [0, 0.1) is 5.82 Å². The highest BCUT2D eigenvalue weighted by molar-refractivity contribution is 7.59. The standard InChI is InChI=1S/C23H25FN4O3.H2S/c1-13(2)21-20(10-16(23(31)28-21)15-6-4-5-7-18(15)24)27-19-8-9-25-12-17(19)22(30)26-11-14(3)29;/h4-10,12-14,29H,11H2,1-3H3,(H,25,27)(H,26,30)(H,28,31);1H2/t14-;/m0./s1. The number of carbonyl (C=O) groups excluding carboxylic acids is 1. The number of H-pyrrole nitrogens is 1. The van der Waals surface area contributed by atoms with Crippen molar-refractivity contribution in [2.45, 2.75) is 32.8 Å². The van der Waals surface area contributed by atoms with Crippen LogP contribution in [0.4, 0.5) is 15.8 Å². The van der Waals surface area contributed by atoms with Crippen LogP contribution in [0.1, 0.15) is 42.7 Å². The summed E-state index contributed by atoms with van der Waals surface area (Å²) in [6, 6.07) is 9.28. The van der Waals surface area contributed by atoms with Crippen molar-refractivity contribution in [2.24, 2.45) is 0 Å². The molecule has 0 aliphatic heterocycles. The van der Waals surface area contributed by atoms with Crippen LogP contribution in [0.3, 0.4) is 0 Å². The lowest BCUT2D eigenvalue weighted by Gasteiger charge is -2.18.